The molecule has 3 aromatic rings. The van der Waals surface area contributed by atoms with Crippen LogP contribution in [-0.2, 0) is 6.54 Å². The molecule has 136 valence electrons. The molecule has 3 rings (SSSR count). The average Bonchev–Trinajstić information content (AvgIpc) is 2.67. The zero-order chi connectivity index (χ0) is 18.2. The van der Waals surface area contributed by atoms with Gasteiger partial charge >= 0.3 is 0 Å². The van der Waals surface area contributed by atoms with E-state index in [2.05, 4.69) is 6.07 Å². The number of nitrogens with zero attached hydrogens (tertiary/aromatic N) is 1. The van der Waals surface area contributed by atoms with Gasteiger partial charge in [-0.1, -0.05) is 60.7 Å². The van der Waals surface area contributed by atoms with E-state index in [0.717, 1.165) is 22.1 Å². The van der Waals surface area contributed by atoms with Gasteiger partial charge in [0.05, 0.1) is 6.61 Å². The minimum absolute atomic E-state index is 0.0606. The molecule has 4 heteroatoms. The van der Waals surface area contributed by atoms with Gasteiger partial charge in [-0.25, -0.2) is 0 Å². The number of hydrogen-bond donors (Lipinski definition) is 2. The Balaban J connectivity index is 1.54. The minimum Gasteiger partial charge on any atom is -0.491 e. The summed E-state index contributed by atoms with van der Waals surface area (Å²) in [6.45, 7) is 1.93. The van der Waals surface area contributed by atoms with Crippen LogP contribution >= 0.6 is 0 Å². The van der Waals surface area contributed by atoms with E-state index in [0.29, 0.717) is 19.6 Å². The Hall–Kier alpha value is -2.40. The van der Waals surface area contributed by atoms with Crippen molar-refractivity contribution in [2.45, 2.75) is 12.6 Å². The molecule has 0 spiro atoms. The molecule has 0 radical (unpaired) electrons. The number of rotatable bonds is 9. The zero-order valence-corrected chi connectivity index (χ0v) is 14.8. The maximum atomic E-state index is 10.4. The summed E-state index contributed by atoms with van der Waals surface area (Å²) in [5, 5.41) is 21.9. The van der Waals surface area contributed by atoms with Crippen molar-refractivity contribution >= 4 is 10.8 Å². The predicted octanol–water partition coefficient (Wildman–Crippen LogP) is 3.07. The Labute approximate surface area is 154 Å². The van der Waals surface area contributed by atoms with Crippen LogP contribution in [0.4, 0.5) is 0 Å². The Morgan fingerprint density at radius 1 is 0.885 bits per heavy atom. The quantitative estimate of drug-likeness (QED) is 0.622. The fourth-order valence-electron chi connectivity index (χ4n) is 3.02. The van der Waals surface area contributed by atoms with E-state index in [4.69, 9.17) is 4.74 Å². The predicted molar refractivity (Wildman–Crippen MR) is 104 cm³/mol. The summed E-state index contributed by atoms with van der Waals surface area (Å²) in [5.41, 5.74) is 1.16. The molecule has 0 aliphatic heterocycles. The van der Waals surface area contributed by atoms with Gasteiger partial charge in [0.1, 0.15) is 18.5 Å². The Bertz CT molecular complexity index is 807. The summed E-state index contributed by atoms with van der Waals surface area (Å²) in [7, 11) is 0. The lowest BCUT2D eigenvalue weighted by molar-refractivity contribution is 0.0590. The van der Waals surface area contributed by atoms with Gasteiger partial charge in [0.2, 0.25) is 0 Å². The van der Waals surface area contributed by atoms with E-state index in [-0.39, 0.29) is 13.2 Å². The molecule has 0 heterocycles. The van der Waals surface area contributed by atoms with Crippen LogP contribution in [0, 0.1) is 0 Å². The summed E-state index contributed by atoms with van der Waals surface area (Å²) in [4.78, 5) is 2.03. The number of ether oxygens (including phenoxy) is 1. The van der Waals surface area contributed by atoms with Crippen molar-refractivity contribution in [2.75, 3.05) is 26.3 Å². The standard InChI is InChI=1S/C22H25NO3/c24-13-12-23(15-18-6-2-1-3-7-18)16-21(25)17-26-22-11-10-19-8-4-5-9-20(19)14-22/h1-11,14,21,24-25H,12-13,15-17H2. The van der Waals surface area contributed by atoms with Gasteiger partial charge in [-0.3, -0.25) is 4.90 Å². The van der Waals surface area contributed by atoms with E-state index < -0.39 is 6.10 Å². The number of aliphatic hydroxyl groups is 2. The van der Waals surface area contributed by atoms with Crippen LogP contribution in [0.25, 0.3) is 10.8 Å². The molecule has 0 fully saturated rings. The van der Waals surface area contributed by atoms with Gasteiger partial charge in [0.25, 0.3) is 0 Å². The van der Waals surface area contributed by atoms with Crippen molar-refractivity contribution < 1.29 is 14.9 Å². The van der Waals surface area contributed by atoms with E-state index in [9.17, 15) is 10.2 Å². The maximum absolute atomic E-state index is 10.4. The number of aliphatic hydroxyl groups excluding tert-OH is 2. The van der Waals surface area contributed by atoms with Crippen LogP contribution in [0.5, 0.6) is 5.75 Å². The van der Waals surface area contributed by atoms with Gasteiger partial charge in [0.15, 0.2) is 0 Å². The molecule has 0 amide bonds. The molecule has 26 heavy (non-hydrogen) atoms. The van der Waals surface area contributed by atoms with Crippen molar-refractivity contribution in [3.63, 3.8) is 0 Å². The SMILES string of the molecule is OCCN(Cc1ccccc1)CC(O)COc1ccc2ccccc2c1. The van der Waals surface area contributed by atoms with Crippen LogP contribution in [-0.4, -0.2) is 47.5 Å². The first-order valence-corrected chi connectivity index (χ1v) is 8.91. The van der Waals surface area contributed by atoms with E-state index >= 15 is 0 Å². The Morgan fingerprint density at radius 3 is 2.38 bits per heavy atom. The highest BCUT2D eigenvalue weighted by Gasteiger charge is 2.13. The van der Waals surface area contributed by atoms with Gasteiger partial charge < -0.3 is 14.9 Å². The third-order valence-electron chi connectivity index (χ3n) is 4.30. The Morgan fingerprint density at radius 2 is 1.62 bits per heavy atom. The second kappa shape index (κ2) is 9.34. The first-order chi connectivity index (χ1) is 12.7. The molecule has 0 bridgehead atoms. The number of hydrogen-bond acceptors (Lipinski definition) is 4. The van der Waals surface area contributed by atoms with Crippen LogP contribution in [0.15, 0.2) is 72.8 Å². The van der Waals surface area contributed by atoms with Crippen molar-refractivity contribution in [3.05, 3.63) is 78.4 Å². The van der Waals surface area contributed by atoms with E-state index in [1.807, 2.05) is 71.6 Å². The fourth-order valence-corrected chi connectivity index (χ4v) is 3.02. The van der Waals surface area contributed by atoms with Crippen LogP contribution in [0.2, 0.25) is 0 Å². The van der Waals surface area contributed by atoms with Gasteiger partial charge in [-0.15, -0.1) is 0 Å². The first kappa shape index (κ1) is 18.4. The van der Waals surface area contributed by atoms with Gasteiger partial charge in [-0.2, -0.15) is 0 Å². The van der Waals surface area contributed by atoms with Gasteiger partial charge in [0, 0.05) is 19.6 Å². The van der Waals surface area contributed by atoms with Crippen LogP contribution in [0.1, 0.15) is 5.56 Å². The number of fused-ring (bicyclic) bond motifs is 1. The summed E-state index contributed by atoms with van der Waals surface area (Å²) < 4.78 is 5.77. The van der Waals surface area contributed by atoms with Crippen molar-refractivity contribution in [2.24, 2.45) is 0 Å². The van der Waals surface area contributed by atoms with Crippen molar-refractivity contribution in [1.82, 2.24) is 4.90 Å². The zero-order valence-electron chi connectivity index (χ0n) is 14.8. The smallest absolute Gasteiger partial charge is 0.120 e. The maximum Gasteiger partial charge on any atom is 0.120 e. The van der Waals surface area contributed by atoms with Crippen LogP contribution < -0.4 is 4.74 Å². The second-order valence-corrected chi connectivity index (χ2v) is 6.42. The highest BCUT2D eigenvalue weighted by molar-refractivity contribution is 5.83. The highest BCUT2D eigenvalue weighted by atomic mass is 16.5. The van der Waals surface area contributed by atoms with Gasteiger partial charge in [-0.05, 0) is 28.5 Å². The fraction of sp³-hybridized carbons (Fsp3) is 0.273. The minimum atomic E-state index is -0.628. The molecular formula is C22H25NO3. The second-order valence-electron chi connectivity index (χ2n) is 6.42. The van der Waals surface area contributed by atoms with E-state index in [1.165, 1.54) is 0 Å². The molecule has 0 aromatic heterocycles. The highest BCUT2D eigenvalue weighted by Crippen LogP contribution is 2.20. The normalized spacial score (nSPS) is 12.4. The molecule has 2 N–H and O–H groups in total. The molecule has 1 unspecified atom stereocenters. The summed E-state index contributed by atoms with van der Waals surface area (Å²) >= 11 is 0. The van der Waals surface area contributed by atoms with Crippen LogP contribution in [0.3, 0.4) is 0 Å². The average molecular weight is 351 g/mol. The molecule has 0 saturated carbocycles. The lowest BCUT2D eigenvalue weighted by atomic mass is 10.1. The lowest BCUT2D eigenvalue weighted by Crippen LogP contribution is -2.37. The molecular weight excluding hydrogens is 326 g/mol. The molecule has 0 aliphatic carbocycles. The third kappa shape index (κ3) is 5.30. The van der Waals surface area contributed by atoms with Crippen molar-refractivity contribution in [3.8, 4) is 5.75 Å². The summed E-state index contributed by atoms with van der Waals surface area (Å²) in [5.74, 6) is 0.750. The molecule has 1 atom stereocenters. The number of benzene rings is 3. The lowest BCUT2D eigenvalue weighted by Gasteiger charge is -2.24. The topological polar surface area (TPSA) is 52.9 Å². The van der Waals surface area contributed by atoms with E-state index in [1.54, 1.807) is 0 Å². The third-order valence-corrected chi connectivity index (χ3v) is 4.30. The first-order valence-electron chi connectivity index (χ1n) is 8.91. The molecule has 4 nitrogen and oxygen atoms in total. The molecule has 3 aromatic carbocycles. The van der Waals surface area contributed by atoms with Crippen molar-refractivity contribution in [1.29, 1.82) is 0 Å². The summed E-state index contributed by atoms with van der Waals surface area (Å²) in [6.07, 6.45) is -0.628. The molecule has 0 aliphatic rings. The summed E-state index contributed by atoms with van der Waals surface area (Å²) in [6, 6.07) is 24.1. The Kier molecular flexibility index (Phi) is 6.61. The monoisotopic (exact) mass is 351 g/mol. The molecule has 0 saturated heterocycles. The largest absolute Gasteiger partial charge is 0.491 e.